The number of nitrogens with zero attached hydrogens (tertiary/aromatic N) is 1. The molecule has 1 aromatic heterocycles. The number of ketones is 1. The van der Waals surface area contributed by atoms with E-state index < -0.39 is 17.7 Å². The lowest BCUT2D eigenvalue weighted by atomic mass is 9.98. The van der Waals surface area contributed by atoms with Gasteiger partial charge in [0.05, 0.1) is 24.9 Å². The van der Waals surface area contributed by atoms with Gasteiger partial charge in [0, 0.05) is 16.6 Å². The lowest BCUT2D eigenvalue weighted by molar-refractivity contribution is -0.132. The van der Waals surface area contributed by atoms with Crippen LogP contribution in [0.25, 0.3) is 5.76 Å². The Hall–Kier alpha value is -3.58. The Morgan fingerprint density at radius 3 is 2.62 bits per heavy atom. The lowest BCUT2D eigenvalue weighted by Gasteiger charge is -2.24. The SMILES string of the molecule is CCOc1cccc(N2C(=O)C(=O)/C(=C(\O)c3cc(C)ccc3OC)C2c2cccs2)c1. The minimum absolute atomic E-state index is 0.0307. The van der Waals surface area contributed by atoms with Crippen LogP contribution in [0, 0.1) is 6.92 Å². The van der Waals surface area contributed by atoms with E-state index in [1.54, 1.807) is 36.4 Å². The zero-order valence-electron chi connectivity index (χ0n) is 18.0. The summed E-state index contributed by atoms with van der Waals surface area (Å²) in [5.41, 5.74) is 1.81. The highest BCUT2D eigenvalue weighted by molar-refractivity contribution is 7.10. The van der Waals surface area contributed by atoms with Crippen LogP contribution in [0.5, 0.6) is 11.5 Å². The monoisotopic (exact) mass is 449 g/mol. The number of amides is 1. The molecule has 6 nitrogen and oxygen atoms in total. The van der Waals surface area contributed by atoms with E-state index in [0.29, 0.717) is 29.4 Å². The van der Waals surface area contributed by atoms with Crippen molar-refractivity contribution in [3.63, 3.8) is 0 Å². The van der Waals surface area contributed by atoms with Crippen molar-refractivity contribution in [2.75, 3.05) is 18.6 Å². The van der Waals surface area contributed by atoms with Gasteiger partial charge in [0.15, 0.2) is 0 Å². The zero-order chi connectivity index (χ0) is 22.8. The Morgan fingerprint density at radius 1 is 1.12 bits per heavy atom. The number of ether oxygens (including phenoxy) is 2. The molecular weight excluding hydrogens is 426 g/mol. The van der Waals surface area contributed by atoms with E-state index in [2.05, 4.69) is 0 Å². The number of carbonyl (C=O) groups excluding carboxylic acids is 2. The first-order valence-corrected chi connectivity index (χ1v) is 11.1. The molecule has 0 spiro atoms. The third-order valence-corrected chi connectivity index (χ3v) is 6.20. The van der Waals surface area contributed by atoms with Gasteiger partial charge in [0.1, 0.15) is 23.3 Å². The van der Waals surface area contributed by atoms with Gasteiger partial charge in [0.2, 0.25) is 0 Å². The second kappa shape index (κ2) is 8.88. The molecule has 1 N–H and O–H groups in total. The van der Waals surface area contributed by atoms with Crippen molar-refractivity contribution >= 4 is 34.5 Å². The third kappa shape index (κ3) is 3.76. The molecule has 1 aliphatic heterocycles. The quantitative estimate of drug-likeness (QED) is 0.322. The van der Waals surface area contributed by atoms with E-state index in [9.17, 15) is 14.7 Å². The summed E-state index contributed by atoms with van der Waals surface area (Å²) >= 11 is 1.41. The number of carbonyl (C=O) groups is 2. The van der Waals surface area contributed by atoms with Crippen molar-refractivity contribution in [1.82, 2.24) is 0 Å². The van der Waals surface area contributed by atoms with Crippen LogP contribution in [0.3, 0.4) is 0 Å². The summed E-state index contributed by atoms with van der Waals surface area (Å²) in [5, 5.41) is 13.2. The van der Waals surface area contributed by atoms with Gasteiger partial charge in [-0.2, -0.15) is 0 Å². The highest BCUT2D eigenvalue weighted by Crippen LogP contribution is 2.45. The maximum atomic E-state index is 13.2. The number of methoxy groups -OCH3 is 1. The van der Waals surface area contributed by atoms with Crippen molar-refractivity contribution < 1.29 is 24.2 Å². The first kappa shape index (κ1) is 21.6. The molecular formula is C25H23NO5S. The fourth-order valence-corrected chi connectivity index (χ4v) is 4.68. The fourth-order valence-electron chi connectivity index (χ4n) is 3.86. The van der Waals surface area contributed by atoms with Gasteiger partial charge < -0.3 is 14.6 Å². The number of anilines is 1. The second-order valence-corrected chi connectivity index (χ2v) is 8.30. The summed E-state index contributed by atoms with van der Waals surface area (Å²) in [6.07, 6.45) is 0. The predicted molar refractivity (Wildman–Crippen MR) is 124 cm³/mol. The number of thiophene rings is 1. The van der Waals surface area contributed by atoms with Crippen LogP contribution in [0.4, 0.5) is 5.69 Å². The number of Topliss-reactive ketones (excluding diaryl/α,β-unsaturated/α-hetero) is 1. The molecule has 1 atom stereocenters. The van der Waals surface area contributed by atoms with Crippen molar-refractivity contribution in [1.29, 1.82) is 0 Å². The highest BCUT2D eigenvalue weighted by Gasteiger charge is 2.47. The topological polar surface area (TPSA) is 76.1 Å². The average Bonchev–Trinajstić information content (AvgIpc) is 3.41. The van der Waals surface area contributed by atoms with Crippen LogP contribution in [0.2, 0.25) is 0 Å². The minimum atomic E-state index is -0.767. The zero-order valence-corrected chi connectivity index (χ0v) is 18.8. The largest absolute Gasteiger partial charge is 0.507 e. The van der Waals surface area contributed by atoms with Gasteiger partial charge in [-0.1, -0.05) is 23.8 Å². The second-order valence-electron chi connectivity index (χ2n) is 7.32. The average molecular weight is 450 g/mol. The van der Waals surface area contributed by atoms with Crippen LogP contribution in [-0.2, 0) is 9.59 Å². The van der Waals surface area contributed by atoms with E-state index >= 15 is 0 Å². The molecule has 0 saturated carbocycles. The molecule has 7 heteroatoms. The van der Waals surface area contributed by atoms with E-state index in [-0.39, 0.29) is 11.3 Å². The molecule has 0 radical (unpaired) electrons. The summed E-state index contributed by atoms with van der Waals surface area (Å²) in [6, 6.07) is 15.3. The number of rotatable bonds is 6. The molecule has 2 aromatic carbocycles. The highest BCUT2D eigenvalue weighted by atomic mass is 32.1. The number of hydrogen-bond acceptors (Lipinski definition) is 6. The molecule has 1 amide bonds. The van der Waals surface area contributed by atoms with Gasteiger partial charge in [-0.05, 0) is 49.6 Å². The summed E-state index contributed by atoms with van der Waals surface area (Å²) in [4.78, 5) is 28.6. The Bertz CT molecular complexity index is 1200. The number of aryl methyl sites for hydroxylation is 1. The molecule has 3 aromatic rings. The number of aliphatic hydroxyl groups excluding tert-OH is 1. The normalized spacial score (nSPS) is 17.6. The van der Waals surface area contributed by atoms with Crippen LogP contribution in [-0.4, -0.2) is 30.5 Å². The predicted octanol–water partition coefficient (Wildman–Crippen LogP) is 5.09. The number of benzene rings is 2. The standard InChI is InChI=1S/C25H23NO5S/c1-4-31-17-8-5-7-16(14-17)26-22(20-9-6-12-32-20)21(24(28)25(26)29)23(27)18-13-15(2)10-11-19(18)30-3/h5-14,22,27H,4H2,1-3H3/b23-21-. The molecule has 4 rings (SSSR count). The molecule has 164 valence electrons. The van der Waals surface area contributed by atoms with E-state index in [1.165, 1.54) is 23.3 Å². The molecule has 0 bridgehead atoms. The van der Waals surface area contributed by atoms with Gasteiger partial charge in [-0.3, -0.25) is 14.5 Å². The Morgan fingerprint density at radius 2 is 1.94 bits per heavy atom. The molecule has 1 saturated heterocycles. The molecule has 0 aliphatic carbocycles. The minimum Gasteiger partial charge on any atom is -0.507 e. The van der Waals surface area contributed by atoms with Crippen molar-refractivity contribution in [3.8, 4) is 11.5 Å². The summed E-state index contributed by atoms with van der Waals surface area (Å²) in [6.45, 7) is 4.23. The van der Waals surface area contributed by atoms with E-state index in [4.69, 9.17) is 9.47 Å². The fraction of sp³-hybridized carbons (Fsp3) is 0.200. The lowest BCUT2D eigenvalue weighted by Crippen LogP contribution is -2.29. The van der Waals surface area contributed by atoms with Gasteiger partial charge in [0.25, 0.3) is 11.7 Å². The third-order valence-electron chi connectivity index (χ3n) is 5.27. The Labute approximate surface area is 190 Å². The summed E-state index contributed by atoms with van der Waals surface area (Å²) in [5.74, 6) is -0.693. The maximum absolute atomic E-state index is 13.2. The summed E-state index contributed by atoms with van der Waals surface area (Å²) < 4.78 is 11.0. The van der Waals surface area contributed by atoms with Gasteiger partial charge in [-0.15, -0.1) is 11.3 Å². The van der Waals surface area contributed by atoms with E-state index in [1.807, 2.05) is 37.4 Å². The van der Waals surface area contributed by atoms with Crippen LogP contribution in [0.15, 0.2) is 65.6 Å². The number of hydrogen-bond donors (Lipinski definition) is 1. The van der Waals surface area contributed by atoms with Crippen molar-refractivity contribution in [3.05, 3.63) is 81.6 Å². The van der Waals surface area contributed by atoms with E-state index in [0.717, 1.165) is 10.4 Å². The molecule has 1 fully saturated rings. The first-order chi connectivity index (χ1) is 15.5. The van der Waals surface area contributed by atoms with Gasteiger partial charge >= 0.3 is 0 Å². The molecule has 32 heavy (non-hydrogen) atoms. The molecule has 1 aliphatic rings. The van der Waals surface area contributed by atoms with Crippen molar-refractivity contribution in [2.45, 2.75) is 19.9 Å². The van der Waals surface area contributed by atoms with Crippen molar-refractivity contribution in [2.24, 2.45) is 0 Å². The molecule has 1 unspecified atom stereocenters. The molecule has 2 heterocycles. The van der Waals surface area contributed by atoms with Crippen LogP contribution < -0.4 is 14.4 Å². The van der Waals surface area contributed by atoms with Gasteiger partial charge in [-0.25, -0.2) is 0 Å². The van der Waals surface area contributed by atoms with Crippen LogP contribution >= 0.6 is 11.3 Å². The van der Waals surface area contributed by atoms with Crippen LogP contribution in [0.1, 0.15) is 29.0 Å². The first-order valence-electron chi connectivity index (χ1n) is 10.2. The smallest absolute Gasteiger partial charge is 0.300 e. The summed E-state index contributed by atoms with van der Waals surface area (Å²) in [7, 11) is 1.50. The Balaban J connectivity index is 1.93. The number of aliphatic hydroxyl groups is 1. The maximum Gasteiger partial charge on any atom is 0.300 e. The Kier molecular flexibility index (Phi) is 6.01.